The van der Waals surface area contributed by atoms with Gasteiger partial charge in [-0.05, 0) is 75.3 Å². The van der Waals surface area contributed by atoms with Gasteiger partial charge in [-0.2, -0.15) is 0 Å². The molecule has 2 rings (SSSR count). The van der Waals surface area contributed by atoms with E-state index in [0.29, 0.717) is 12.0 Å². The summed E-state index contributed by atoms with van der Waals surface area (Å²) in [5.41, 5.74) is 11.8. The third-order valence-electron chi connectivity index (χ3n) is 4.63. The molecule has 0 aromatic heterocycles. The van der Waals surface area contributed by atoms with E-state index in [4.69, 9.17) is 5.73 Å². The zero-order valence-electron chi connectivity index (χ0n) is 12.9. The molecule has 0 spiro atoms. The third-order valence-corrected chi connectivity index (χ3v) is 4.63. The molecule has 0 amide bonds. The van der Waals surface area contributed by atoms with E-state index in [0.717, 1.165) is 13.1 Å². The van der Waals surface area contributed by atoms with Gasteiger partial charge in [0, 0.05) is 19.1 Å². The fraction of sp³-hybridized carbons (Fsp3) is 0.647. The minimum Gasteiger partial charge on any atom is -0.328 e. The molecule has 106 valence electrons. The highest BCUT2D eigenvalue weighted by Gasteiger charge is 2.22. The summed E-state index contributed by atoms with van der Waals surface area (Å²) < 4.78 is 0. The number of aryl methyl sites for hydroxylation is 3. The second-order valence-corrected chi connectivity index (χ2v) is 6.36. The molecular formula is C17H28N2. The van der Waals surface area contributed by atoms with Crippen molar-refractivity contribution >= 4 is 0 Å². The van der Waals surface area contributed by atoms with Crippen molar-refractivity contribution in [3.8, 4) is 0 Å². The van der Waals surface area contributed by atoms with E-state index in [1.807, 2.05) is 0 Å². The highest BCUT2D eigenvalue weighted by atomic mass is 15.1. The zero-order valence-corrected chi connectivity index (χ0v) is 12.9. The first-order valence-electron chi connectivity index (χ1n) is 7.52. The van der Waals surface area contributed by atoms with E-state index in [1.165, 1.54) is 41.6 Å². The number of hydrogen-bond donors (Lipinski definition) is 1. The zero-order chi connectivity index (χ0) is 14.0. The molecule has 0 saturated carbocycles. The van der Waals surface area contributed by atoms with Crippen LogP contribution >= 0.6 is 0 Å². The highest BCUT2D eigenvalue weighted by Crippen LogP contribution is 2.23. The van der Waals surface area contributed by atoms with Crippen LogP contribution in [0.15, 0.2) is 12.1 Å². The predicted octanol–water partition coefficient (Wildman–Crippen LogP) is 3.17. The monoisotopic (exact) mass is 260 g/mol. The maximum absolute atomic E-state index is 6.07. The van der Waals surface area contributed by atoms with Crippen LogP contribution in [0.25, 0.3) is 0 Å². The van der Waals surface area contributed by atoms with E-state index >= 15 is 0 Å². The van der Waals surface area contributed by atoms with Gasteiger partial charge in [-0.1, -0.05) is 12.1 Å². The summed E-state index contributed by atoms with van der Waals surface area (Å²) in [6.45, 7) is 12.2. The molecule has 1 aromatic rings. The SMILES string of the molecule is Cc1cc(C)c(CN2CCCC(C(C)N)C2)cc1C. The van der Waals surface area contributed by atoms with Gasteiger partial charge in [-0.3, -0.25) is 4.90 Å². The summed E-state index contributed by atoms with van der Waals surface area (Å²) in [4.78, 5) is 2.58. The van der Waals surface area contributed by atoms with E-state index in [1.54, 1.807) is 0 Å². The van der Waals surface area contributed by atoms with Gasteiger partial charge in [-0.25, -0.2) is 0 Å². The summed E-state index contributed by atoms with van der Waals surface area (Å²) in [6, 6.07) is 5.00. The molecule has 19 heavy (non-hydrogen) atoms. The van der Waals surface area contributed by atoms with Crippen molar-refractivity contribution < 1.29 is 0 Å². The normalized spacial score (nSPS) is 22.5. The Balaban J connectivity index is 2.06. The van der Waals surface area contributed by atoms with Gasteiger partial charge in [-0.15, -0.1) is 0 Å². The molecular weight excluding hydrogens is 232 g/mol. The van der Waals surface area contributed by atoms with Crippen molar-refractivity contribution in [2.24, 2.45) is 11.7 Å². The number of hydrogen-bond acceptors (Lipinski definition) is 2. The second-order valence-electron chi connectivity index (χ2n) is 6.36. The molecule has 1 saturated heterocycles. The smallest absolute Gasteiger partial charge is 0.0236 e. The summed E-state index contributed by atoms with van der Waals surface area (Å²) >= 11 is 0. The average Bonchev–Trinajstić information content (AvgIpc) is 2.36. The number of rotatable bonds is 3. The Bertz CT molecular complexity index is 437. The molecule has 1 aromatic carbocycles. The van der Waals surface area contributed by atoms with Gasteiger partial charge in [0.05, 0.1) is 0 Å². The molecule has 2 nitrogen and oxygen atoms in total. The fourth-order valence-corrected chi connectivity index (χ4v) is 3.10. The lowest BCUT2D eigenvalue weighted by Crippen LogP contribution is -2.42. The van der Waals surface area contributed by atoms with Gasteiger partial charge in [0.1, 0.15) is 0 Å². The second kappa shape index (κ2) is 6.06. The van der Waals surface area contributed by atoms with Crippen molar-refractivity contribution in [2.45, 2.75) is 53.1 Å². The molecule has 1 fully saturated rings. The molecule has 0 radical (unpaired) electrons. The number of nitrogens with zero attached hydrogens (tertiary/aromatic N) is 1. The van der Waals surface area contributed by atoms with Gasteiger partial charge in [0.2, 0.25) is 0 Å². The average molecular weight is 260 g/mol. The van der Waals surface area contributed by atoms with Gasteiger partial charge in [0.15, 0.2) is 0 Å². The van der Waals surface area contributed by atoms with Crippen LogP contribution < -0.4 is 5.73 Å². The lowest BCUT2D eigenvalue weighted by atomic mass is 9.91. The van der Waals surface area contributed by atoms with Gasteiger partial charge < -0.3 is 5.73 Å². The molecule has 2 N–H and O–H groups in total. The minimum atomic E-state index is 0.323. The first kappa shape index (κ1) is 14.5. The first-order valence-corrected chi connectivity index (χ1v) is 7.52. The predicted molar refractivity (Wildman–Crippen MR) is 82.3 cm³/mol. The number of benzene rings is 1. The Morgan fingerprint density at radius 3 is 2.58 bits per heavy atom. The molecule has 1 aliphatic rings. The Kier molecular flexibility index (Phi) is 4.64. The molecule has 0 aliphatic carbocycles. The lowest BCUT2D eigenvalue weighted by molar-refractivity contribution is 0.154. The third kappa shape index (κ3) is 3.58. The maximum atomic E-state index is 6.07. The fourth-order valence-electron chi connectivity index (χ4n) is 3.10. The first-order chi connectivity index (χ1) is 8.97. The van der Waals surface area contributed by atoms with Crippen LogP contribution in [0.2, 0.25) is 0 Å². The summed E-state index contributed by atoms with van der Waals surface area (Å²) in [5.74, 6) is 0.667. The van der Waals surface area contributed by atoms with E-state index in [2.05, 4.69) is 44.7 Å². The molecule has 2 atom stereocenters. The topological polar surface area (TPSA) is 29.3 Å². The maximum Gasteiger partial charge on any atom is 0.0236 e. The summed E-state index contributed by atoms with van der Waals surface area (Å²) in [7, 11) is 0. The van der Waals surface area contributed by atoms with Crippen LogP contribution in [0, 0.1) is 26.7 Å². The van der Waals surface area contributed by atoms with Crippen molar-refractivity contribution in [3.63, 3.8) is 0 Å². The number of likely N-dealkylation sites (tertiary alicyclic amines) is 1. The highest BCUT2D eigenvalue weighted by molar-refractivity contribution is 5.36. The molecule has 0 bridgehead atoms. The van der Waals surface area contributed by atoms with Crippen molar-refractivity contribution in [3.05, 3.63) is 34.4 Å². The Labute approximate surface area is 118 Å². The Hall–Kier alpha value is -0.860. The molecule has 2 heteroatoms. The number of nitrogens with two attached hydrogens (primary N) is 1. The van der Waals surface area contributed by atoms with Crippen molar-refractivity contribution in [2.75, 3.05) is 13.1 Å². The van der Waals surface area contributed by atoms with Crippen molar-refractivity contribution in [1.29, 1.82) is 0 Å². The lowest BCUT2D eigenvalue weighted by Gasteiger charge is -2.35. The molecule has 1 heterocycles. The van der Waals surface area contributed by atoms with Gasteiger partial charge in [0.25, 0.3) is 0 Å². The largest absolute Gasteiger partial charge is 0.328 e. The molecule has 1 aliphatic heterocycles. The minimum absolute atomic E-state index is 0.323. The summed E-state index contributed by atoms with van der Waals surface area (Å²) in [5, 5.41) is 0. The van der Waals surface area contributed by atoms with Crippen LogP contribution in [0.3, 0.4) is 0 Å². The van der Waals surface area contributed by atoms with Crippen molar-refractivity contribution in [1.82, 2.24) is 4.90 Å². The Morgan fingerprint density at radius 2 is 1.89 bits per heavy atom. The van der Waals surface area contributed by atoms with E-state index in [9.17, 15) is 0 Å². The Morgan fingerprint density at radius 1 is 1.21 bits per heavy atom. The van der Waals surface area contributed by atoms with Crippen LogP contribution in [0.1, 0.15) is 42.0 Å². The van der Waals surface area contributed by atoms with Crippen LogP contribution in [-0.4, -0.2) is 24.0 Å². The van der Waals surface area contributed by atoms with E-state index < -0.39 is 0 Å². The van der Waals surface area contributed by atoms with E-state index in [-0.39, 0.29) is 0 Å². The standard InChI is InChI=1S/C17H28N2/c1-12-8-14(3)17(9-13(12)2)11-19-7-5-6-16(10-19)15(4)18/h8-9,15-16H,5-7,10-11,18H2,1-4H3. The van der Waals surface area contributed by atoms with Crippen LogP contribution in [0.4, 0.5) is 0 Å². The number of piperidine rings is 1. The molecule has 2 unspecified atom stereocenters. The van der Waals surface area contributed by atoms with Crippen LogP contribution in [-0.2, 0) is 6.54 Å². The van der Waals surface area contributed by atoms with Crippen LogP contribution in [0.5, 0.6) is 0 Å². The summed E-state index contributed by atoms with van der Waals surface area (Å²) in [6.07, 6.45) is 2.58. The quantitative estimate of drug-likeness (QED) is 0.904. The van der Waals surface area contributed by atoms with Gasteiger partial charge >= 0.3 is 0 Å².